The van der Waals surface area contributed by atoms with E-state index in [2.05, 4.69) is 5.32 Å². The average molecular weight is 308 g/mol. The minimum atomic E-state index is -3.08. The van der Waals surface area contributed by atoms with Crippen LogP contribution >= 0.6 is 23.2 Å². The molecule has 7 heteroatoms. The minimum absolute atomic E-state index is 0.0569. The van der Waals surface area contributed by atoms with Crippen molar-refractivity contribution in [2.75, 3.05) is 16.8 Å². The van der Waals surface area contributed by atoms with Crippen molar-refractivity contribution in [3.8, 4) is 0 Å². The van der Waals surface area contributed by atoms with E-state index < -0.39 is 15.8 Å². The van der Waals surface area contributed by atoms with Crippen molar-refractivity contribution >= 4 is 44.6 Å². The lowest BCUT2D eigenvalue weighted by Gasteiger charge is -2.12. The zero-order chi connectivity index (χ0) is 13.3. The predicted molar refractivity (Wildman–Crippen MR) is 71.9 cm³/mol. The number of para-hydroxylation sites is 1. The molecule has 1 aromatic carbocycles. The lowest BCUT2D eigenvalue weighted by atomic mass is 10.1. The van der Waals surface area contributed by atoms with E-state index in [0.717, 1.165) is 0 Å². The summed E-state index contributed by atoms with van der Waals surface area (Å²) in [6, 6.07) is 4.88. The third-order valence-electron chi connectivity index (χ3n) is 2.81. The molecule has 1 fully saturated rings. The Bertz CT molecular complexity index is 566. The van der Waals surface area contributed by atoms with Crippen molar-refractivity contribution in [1.29, 1.82) is 0 Å². The quantitative estimate of drug-likeness (QED) is 0.912. The summed E-state index contributed by atoms with van der Waals surface area (Å²) in [6.45, 7) is 0. The molecule has 1 aromatic rings. The van der Waals surface area contributed by atoms with Crippen LogP contribution in [0, 0.1) is 5.92 Å². The Morgan fingerprint density at radius 3 is 2.39 bits per heavy atom. The molecule has 18 heavy (non-hydrogen) atoms. The van der Waals surface area contributed by atoms with E-state index in [1.165, 1.54) is 0 Å². The van der Waals surface area contributed by atoms with Gasteiger partial charge in [-0.25, -0.2) is 8.42 Å². The summed E-state index contributed by atoms with van der Waals surface area (Å²) in [5.41, 5.74) is 0.329. The van der Waals surface area contributed by atoms with E-state index in [-0.39, 0.29) is 17.4 Å². The van der Waals surface area contributed by atoms with Crippen molar-refractivity contribution in [1.82, 2.24) is 0 Å². The first-order valence-corrected chi connectivity index (χ1v) is 7.92. The van der Waals surface area contributed by atoms with Crippen molar-refractivity contribution in [2.24, 2.45) is 5.92 Å². The van der Waals surface area contributed by atoms with Gasteiger partial charge >= 0.3 is 0 Å². The van der Waals surface area contributed by atoms with Gasteiger partial charge in [0.2, 0.25) is 5.91 Å². The van der Waals surface area contributed by atoms with Crippen molar-refractivity contribution in [3.63, 3.8) is 0 Å². The number of hydrogen-bond acceptors (Lipinski definition) is 3. The number of benzene rings is 1. The largest absolute Gasteiger partial charge is 0.323 e. The Hall–Kier alpha value is -0.780. The summed E-state index contributed by atoms with van der Waals surface area (Å²) in [7, 11) is -3.08. The van der Waals surface area contributed by atoms with Gasteiger partial charge in [0.05, 0.1) is 33.2 Å². The van der Waals surface area contributed by atoms with Crippen molar-refractivity contribution < 1.29 is 13.2 Å². The number of rotatable bonds is 2. The highest BCUT2D eigenvalue weighted by atomic mass is 35.5. The molecule has 1 N–H and O–H groups in total. The molecule has 1 saturated heterocycles. The molecule has 2 rings (SSSR count). The predicted octanol–water partition coefficient (Wildman–Crippen LogP) is 2.37. The lowest BCUT2D eigenvalue weighted by molar-refractivity contribution is -0.119. The standard InChI is InChI=1S/C11H11Cl2NO3S/c12-8-2-1-3-9(13)10(8)14-11(15)7-4-5-18(16,17)6-7/h1-3,7H,4-6H2,(H,14,15). The second-order valence-corrected chi connectivity index (χ2v) is 7.23. The van der Waals surface area contributed by atoms with Crippen LogP contribution in [0.25, 0.3) is 0 Å². The maximum absolute atomic E-state index is 11.9. The minimum Gasteiger partial charge on any atom is -0.323 e. The zero-order valence-electron chi connectivity index (χ0n) is 9.32. The van der Waals surface area contributed by atoms with E-state index in [1.54, 1.807) is 18.2 Å². The number of sulfone groups is 1. The Kier molecular flexibility index (Phi) is 3.84. The summed E-state index contributed by atoms with van der Waals surface area (Å²) in [5.74, 6) is -0.934. The van der Waals surface area contributed by atoms with E-state index in [0.29, 0.717) is 22.2 Å². The molecule has 1 atom stereocenters. The maximum Gasteiger partial charge on any atom is 0.228 e. The van der Waals surface area contributed by atoms with Crippen LogP contribution in [0.5, 0.6) is 0 Å². The Balaban J connectivity index is 2.13. The summed E-state index contributed by atoms with van der Waals surface area (Å²) >= 11 is 11.8. The number of halogens is 2. The third-order valence-corrected chi connectivity index (χ3v) is 5.21. The SMILES string of the molecule is O=C(Nc1c(Cl)cccc1Cl)C1CCS(=O)(=O)C1. The molecule has 1 aliphatic rings. The normalized spacial score (nSPS) is 21.8. The van der Waals surface area contributed by atoms with Crippen molar-refractivity contribution in [2.45, 2.75) is 6.42 Å². The van der Waals surface area contributed by atoms with Gasteiger partial charge in [0.1, 0.15) is 0 Å². The number of hydrogen-bond donors (Lipinski definition) is 1. The Morgan fingerprint density at radius 1 is 1.28 bits per heavy atom. The second-order valence-electron chi connectivity index (χ2n) is 4.19. The fraction of sp³-hybridized carbons (Fsp3) is 0.364. The van der Waals surface area contributed by atoms with Crippen LogP contribution in [-0.4, -0.2) is 25.8 Å². The van der Waals surface area contributed by atoms with Crippen LogP contribution in [0.3, 0.4) is 0 Å². The van der Waals surface area contributed by atoms with Gasteiger partial charge in [-0.2, -0.15) is 0 Å². The van der Waals surface area contributed by atoms with E-state index >= 15 is 0 Å². The first kappa shape index (κ1) is 13.6. The van der Waals surface area contributed by atoms with Crippen molar-refractivity contribution in [3.05, 3.63) is 28.2 Å². The molecule has 0 bridgehead atoms. The van der Waals surface area contributed by atoms with Crippen LogP contribution in [0.4, 0.5) is 5.69 Å². The van der Waals surface area contributed by atoms with Crippen LogP contribution < -0.4 is 5.32 Å². The number of carbonyl (C=O) groups excluding carboxylic acids is 1. The van der Waals surface area contributed by atoms with Crippen LogP contribution in [0.15, 0.2) is 18.2 Å². The first-order valence-electron chi connectivity index (χ1n) is 5.34. The molecule has 0 aromatic heterocycles. The van der Waals surface area contributed by atoms with Gasteiger partial charge in [0.15, 0.2) is 9.84 Å². The van der Waals surface area contributed by atoms with Gasteiger partial charge < -0.3 is 5.32 Å². The molecule has 0 aliphatic carbocycles. The molecule has 1 aliphatic heterocycles. The van der Waals surface area contributed by atoms with Gasteiger partial charge in [-0.15, -0.1) is 0 Å². The van der Waals surface area contributed by atoms with Gasteiger partial charge in [-0.1, -0.05) is 29.3 Å². The zero-order valence-corrected chi connectivity index (χ0v) is 11.6. The summed E-state index contributed by atoms with van der Waals surface area (Å²) in [6.07, 6.45) is 0.343. The van der Waals surface area contributed by atoms with Crippen LogP contribution in [0.2, 0.25) is 10.0 Å². The van der Waals surface area contributed by atoms with Gasteiger partial charge in [0.25, 0.3) is 0 Å². The molecule has 98 valence electrons. The molecule has 1 heterocycles. The van der Waals surface area contributed by atoms with E-state index in [4.69, 9.17) is 23.2 Å². The fourth-order valence-corrected chi connectivity index (χ4v) is 4.08. The number of nitrogens with one attached hydrogen (secondary N) is 1. The lowest BCUT2D eigenvalue weighted by Crippen LogP contribution is -2.24. The van der Waals surface area contributed by atoms with Gasteiger partial charge in [0, 0.05) is 0 Å². The topological polar surface area (TPSA) is 63.2 Å². The fourth-order valence-electron chi connectivity index (χ4n) is 1.84. The number of amides is 1. The van der Waals surface area contributed by atoms with E-state index in [1.807, 2.05) is 0 Å². The Labute approximate surface area is 115 Å². The molecule has 1 amide bonds. The van der Waals surface area contributed by atoms with Crippen LogP contribution in [0.1, 0.15) is 6.42 Å². The highest BCUT2D eigenvalue weighted by Crippen LogP contribution is 2.31. The highest BCUT2D eigenvalue weighted by Gasteiger charge is 2.33. The average Bonchev–Trinajstić information content (AvgIpc) is 2.64. The number of carbonyl (C=O) groups is 1. The maximum atomic E-state index is 11.9. The number of anilines is 1. The van der Waals surface area contributed by atoms with E-state index in [9.17, 15) is 13.2 Å². The molecular formula is C11H11Cl2NO3S. The second kappa shape index (κ2) is 5.07. The smallest absolute Gasteiger partial charge is 0.228 e. The summed E-state index contributed by atoms with van der Waals surface area (Å²) < 4.78 is 22.6. The van der Waals surface area contributed by atoms with Gasteiger partial charge in [-0.05, 0) is 18.6 Å². The summed E-state index contributed by atoms with van der Waals surface area (Å²) in [4.78, 5) is 11.9. The molecule has 4 nitrogen and oxygen atoms in total. The first-order chi connectivity index (χ1) is 8.39. The summed E-state index contributed by atoms with van der Waals surface area (Å²) in [5, 5.41) is 3.25. The molecule has 0 radical (unpaired) electrons. The third kappa shape index (κ3) is 2.96. The molecule has 1 unspecified atom stereocenters. The molecule has 0 spiro atoms. The van der Waals surface area contributed by atoms with Gasteiger partial charge in [-0.3, -0.25) is 4.79 Å². The highest BCUT2D eigenvalue weighted by molar-refractivity contribution is 7.91. The molecule has 0 saturated carbocycles. The molecular weight excluding hydrogens is 297 g/mol. The van der Waals surface area contributed by atoms with Crippen LogP contribution in [-0.2, 0) is 14.6 Å². The Morgan fingerprint density at radius 2 is 1.89 bits per heavy atom. The monoisotopic (exact) mass is 307 g/mol.